The quantitative estimate of drug-likeness (QED) is 0.662. The molecule has 31 heavy (non-hydrogen) atoms. The Morgan fingerprint density at radius 3 is 2.61 bits per heavy atom. The van der Waals surface area contributed by atoms with E-state index in [1.807, 2.05) is 61.7 Å². The summed E-state index contributed by atoms with van der Waals surface area (Å²) in [5.74, 6) is -0.318. The summed E-state index contributed by atoms with van der Waals surface area (Å²) < 4.78 is 1.70. The van der Waals surface area contributed by atoms with Gasteiger partial charge in [0.25, 0.3) is 5.91 Å². The Morgan fingerprint density at radius 2 is 1.94 bits per heavy atom. The molecular weight excluding hydrogens is 408 g/mol. The van der Waals surface area contributed by atoms with Gasteiger partial charge in [-0.05, 0) is 56.3 Å². The third kappa shape index (κ3) is 3.47. The van der Waals surface area contributed by atoms with Crippen molar-refractivity contribution in [2.45, 2.75) is 57.7 Å². The first-order valence-electron chi connectivity index (χ1n) is 10.8. The molecule has 1 atom stereocenters. The molecule has 1 unspecified atom stereocenters. The molecule has 2 amide bonds. The topological polar surface area (TPSA) is 67.2 Å². The lowest BCUT2D eigenvalue weighted by atomic mass is 9.93. The minimum atomic E-state index is -1.07. The Bertz CT molecular complexity index is 1110. The van der Waals surface area contributed by atoms with E-state index in [1.165, 1.54) is 0 Å². The number of nitrogens with one attached hydrogen (secondary N) is 1. The van der Waals surface area contributed by atoms with Gasteiger partial charge in [-0.1, -0.05) is 36.6 Å². The molecule has 5 rings (SSSR count). The Labute approximate surface area is 185 Å². The fourth-order valence-corrected chi connectivity index (χ4v) is 5.32. The zero-order chi connectivity index (χ0) is 21.6. The van der Waals surface area contributed by atoms with Crippen LogP contribution in [-0.4, -0.2) is 33.2 Å². The second-order valence-electron chi connectivity index (χ2n) is 8.75. The van der Waals surface area contributed by atoms with E-state index in [0.717, 1.165) is 47.5 Å². The predicted octanol–water partition coefficient (Wildman–Crippen LogP) is 4.40. The second-order valence-corrected chi connectivity index (χ2v) is 9.70. The van der Waals surface area contributed by atoms with Gasteiger partial charge in [0, 0.05) is 11.7 Å². The van der Waals surface area contributed by atoms with E-state index >= 15 is 0 Å². The highest BCUT2D eigenvalue weighted by Gasteiger charge is 2.49. The van der Waals surface area contributed by atoms with Gasteiger partial charge in [-0.3, -0.25) is 19.2 Å². The number of rotatable bonds is 4. The molecule has 0 saturated heterocycles. The van der Waals surface area contributed by atoms with Crippen LogP contribution in [0.25, 0.3) is 10.6 Å². The summed E-state index contributed by atoms with van der Waals surface area (Å²) in [7, 11) is 0. The second kappa shape index (κ2) is 7.64. The number of amides is 2. The molecular formula is C24H26N4O2S. The molecule has 0 radical (unpaired) electrons. The van der Waals surface area contributed by atoms with Crippen molar-refractivity contribution >= 4 is 28.8 Å². The first kappa shape index (κ1) is 20.0. The molecule has 1 aliphatic heterocycles. The number of aryl methyl sites for hydroxylation is 1. The van der Waals surface area contributed by atoms with Crippen LogP contribution in [0.15, 0.2) is 47.8 Å². The van der Waals surface area contributed by atoms with Crippen molar-refractivity contribution in [2.24, 2.45) is 0 Å². The van der Waals surface area contributed by atoms with E-state index in [-0.39, 0.29) is 17.9 Å². The summed E-state index contributed by atoms with van der Waals surface area (Å²) in [6.45, 7) is 4.17. The van der Waals surface area contributed by atoms with Gasteiger partial charge in [-0.25, -0.2) is 0 Å². The minimum absolute atomic E-state index is 0.118. The molecule has 2 aliphatic rings. The highest BCUT2D eigenvalue weighted by Crippen LogP contribution is 2.35. The SMILES string of the molecule is Cc1ccc(N2C(=O)c3cc(-c4cccs4)nn3CC2(C)C(=O)NC2CCCC2)cc1. The summed E-state index contributed by atoms with van der Waals surface area (Å²) in [6, 6.07) is 13.8. The lowest BCUT2D eigenvalue weighted by Crippen LogP contribution is -2.65. The number of fused-ring (bicyclic) bond motifs is 1. The molecule has 3 heterocycles. The number of hydrogen-bond donors (Lipinski definition) is 1. The lowest BCUT2D eigenvalue weighted by molar-refractivity contribution is -0.127. The Balaban J connectivity index is 1.57. The van der Waals surface area contributed by atoms with E-state index in [2.05, 4.69) is 5.32 Å². The Morgan fingerprint density at radius 1 is 1.19 bits per heavy atom. The molecule has 2 aromatic heterocycles. The van der Waals surface area contributed by atoms with Crippen LogP contribution in [0.5, 0.6) is 0 Å². The van der Waals surface area contributed by atoms with Crippen molar-refractivity contribution < 1.29 is 9.59 Å². The average molecular weight is 435 g/mol. The predicted molar refractivity (Wildman–Crippen MR) is 122 cm³/mol. The molecule has 3 aromatic rings. The van der Waals surface area contributed by atoms with E-state index in [4.69, 9.17) is 5.10 Å². The van der Waals surface area contributed by atoms with E-state index in [9.17, 15) is 9.59 Å². The molecule has 0 bridgehead atoms. The van der Waals surface area contributed by atoms with Crippen molar-refractivity contribution in [3.05, 3.63) is 59.1 Å². The van der Waals surface area contributed by atoms with E-state index in [1.54, 1.807) is 20.9 Å². The Hall–Kier alpha value is -2.93. The van der Waals surface area contributed by atoms with Gasteiger partial charge < -0.3 is 5.32 Å². The van der Waals surface area contributed by atoms with E-state index < -0.39 is 5.54 Å². The molecule has 1 fully saturated rings. The van der Waals surface area contributed by atoms with Crippen LogP contribution in [0.2, 0.25) is 0 Å². The molecule has 160 valence electrons. The summed E-state index contributed by atoms with van der Waals surface area (Å²) >= 11 is 1.59. The van der Waals surface area contributed by atoms with Crippen molar-refractivity contribution in [3.8, 4) is 10.6 Å². The molecule has 1 aromatic carbocycles. The molecule has 6 nitrogen and oxygen atoms in total. The number of hydrogen-bond acceptors (Lipinski definition) is 4. The maximum atomic E-state index is 13.7. The van der Waals surface area contributed by atoms with Crippen LogP contribution in [0.3, 0.4) is 0 Å². The largest absolute Gasteiger partial charge is 0.351 e. The van der Waals surface area contributed by atoms with Crippen LogP contribution in [0.1, 0.15) is 48.7 Å². The molecule has 1 aliphatic carbocycles. The van der Waals surface area contributed by atoms with Gasteiger partial charge in [-0.2, -0.15) is 5.10 Å². The van der Waals surface area contributed by atoms with Gasteiger partial charge in [0.15, 0.2) is 0 Å². The fraction of sp³-hybridized carbons (Fsp3) is 0.375. The van der Waals surface area contributed by atoms with Gasteiger partial charge >= 0.3 is 0 Å². The molecule has 1 N–H and O–H groups in total. The Kier molecular flexibility index (Phi) is 4.93. The molecule has 1 saturated carbocycles. The average Bonchev–Trinajstić information content (AvgIpc) is 3.50. The van der Waals surface area contributed by atoms with Gasteiger partial charge in [0.2, 0.25) is 5.91 Å². The third-order valence-corrected chi connectivity index (χ3v) is 7.29. The van der Waals surface area contributed by atoms with Crippen LogP contribution in [0, 0.1) is 6.92 Å². The fourth-order valence-electron chi connectivity index (χ4n) is 4.64. The van der Waals surface area contributed by atoms with Crippen molar-refractivity contribution in [2.75, 3.05) is 4.90 Å². The monoisotopic (exact) mass is 434 g/mol. The first-order chi connectivity index (χ1) is 15.0. The van der Waals surface area contributed by atoms with Crippen molar-refractivity contribution in [3.63, 3.8) is 0 Å². The number of benzene rings is 1. The highest BCUT2D eigenvalue weighted by molar-refractivity contribution is 7.13. The van der Waals surface area contributed by atoms with Gasteiger partial charge in [-0.15, -0.1) is 11.3 Å². The number of anilines is 1. The van der Waals surface area contributed by atoms with Gasteiger partial charge in [0.05, 0.1) is 11.4 Å². The lowest BCUT2D eigenvalue weighted by Gasteiger charge is -2.43. The number of aromatic nitrogens is 2. The van der Waals surface area contributed by atoms with E-state index in [0.29, 0.717) is 12.2 Å². The maximum Gasteiger partial charge on any atom is 0.277 e. The molecule has 0 spiro atoms. The highest BCUT2D eigenvalue weighted by atomic mass is 32.1. The zero-order valence-electron chi connectivity index (χ0n) is 17.8. The minimum Gasteiger partial charge on any atom is -0.351 e. The maximum absolute atomic E-state index is 13.7. The number of carbonyl (C=O) groups is 2. The smallest absolute Gasteiger partial charge is 0.277 e. The zero-order valence-corrected chi connectivity index (χ0v) is 18.6. The van der Waals surface area contributed by atoms with Crippen LogP contribution in [-0.2, 0) is 11.3 Å². The van der Waals surface area contributed by atoms with Crippen LogP contribution >= 0.6 is 11.3 Å². The number of carbonyl (C=O) groups excluding carboxylic acids is 2. The van der Waals surface area contributed by atoms with Crippen molar-refractivity contribution in [1.29, 1.82) is 0 Å². The van der Waals surface area contributed by atoms with Crippen molar-refractivity contribution in [1.82, 2.24) is 15.1 Å². The first-order valence-corrected chi connectivity index (χ1v) is 11.7. The summed E-state index contributed by atoms with van der Waals surface area (Å²) in [5, 5.41) is 9.90. The molecule has 7 heteroatoms. The van der Waals surface area contributed by atoms with Gasteiger partial charge in [0.1, 0.15) is 16.9 Å². The third-order valence-electron chi connectivity index (χ3n) is 6.40. The number of thiophene rings is 1. The summed E-state index contributed by atoms with van der Waals surface area (Å²) in [5.41, 5.74) is 2.04. The number of nitrogens with zero attached hydrogens (tertiary/aromatic N) is 3. The van der Waals surface area contributed by atoms with Crippen LogP contribution in [0.4, 0.5) is 5.69 Å². The van der Waals surface area contributed by atoms with Crippen LogP contribution < -0.4 is 10.2 Å². The standard InChI is InChI=1S/C24H26N4O2S/c1-16-9-11-18(12-10-16)28-22(29)20-14-19(21-8-5-13-31-21)26-27(20)15-24(28,2)23(30)25-17-6-3-4-7-17/h5,8-14,17H,3-4,6-7,15H2,1-2H3,(H,25,30). The normalized spacial score (nSPS) is 21.4. The summed E-state index contributed by atoms with van der Waals surface area (Å²) in [4.78, 5) is 30.0. The summed E-state index contributed by atoms with van der Waals surface area (Å²) in [6.07, 6.45) is 4.26.